The van der Waals surface area contributed by atoms with E-state index in [1.807, 2.05) is 0 Å². The van der Waals surface area contributed by atoms with E-state index in [-0.39, 0.29) is 11.8 Å². The molecule has 4 nitrogen and oxygen atoms in total. The second-order valence-electron chi connectivity index (χ2n) is 4.13. The molecule has 96 valence electrons. The van der Waals surface area contributed by atoms with Gasteiger partial charge in [0, 0.05) is 18.0 Å². The van der Waals surface area contributed by atoms with Crippen molar-refractivity contribution < 1.29 is 9.59 Å². The van der Waals surface area contributed by atoms with Crippen LogP contribution in [0.1, 0.15) is 17.3 Å². The zero-order chi connectivity index (χ0) is 13.3. The van der Waals surface area contributed by atoms with Crippen molar-refractivity contribution in [3.8, 4) is 0 Å². The molecule has 2 rings (SSSR count). The fourth-order valence-electron chi connectivity index (χ4n) is 1.89. The third-order valence-electron chi connectivity index (χ3n) is 2.94. The van der Waals surface area contributed by atoms with Gasteiger partial charge in [-0.25, -0.2) is 0 Å². The maximum atomic E-state index is 12.4. The summed E-state index contributed by atoms with van der Waals surface area (Å²) in [4.78, 5) is 26.1. The number of benzene rings is 1. The van der Waals surface area contributed by atoms with Crippen LogP contribution in [0.4, 0.5) is 0 Å². The Balaban J connectivity index is 2.30. The molecule has 1 N–H and O–H groups in total. The fraction of sp³-hybridized carbons (Fsp3) is 0.333. The van der Waals surface area contributed by atoms with Gasteiger partial charge in [-0.15, -0.1) is 12.6 Å². The third-order valence-corrected chi connectivity index (χ3v) is 3.55. The van der Waals surface area contributed by atoms with Crippen molar-refractivity contribution >= 4 is 36.0 Å². The van der Waals surface area contributed by atoms with E-state index in [9.17, 15) is 9.59 Å². The molecule has 1 atom stereocenters. The van der Waals surface area contributed by atoms with Crippen LogP contribution in [0.25, 0.3) is 0 Å². The number of hydrogen-bond donors (Lipinski definition) is 2. The molecule has 1 fully saturated rings. The van der Waals surface area contributed by atoms with E-state index in [1.54, 1.807) is 25.1 Å². The van der Waals surface area contributed by atoms with Crippen LogP contribution in [0.5, 0.6) is 0 Å². The average Bonchev–Trinajstić information content (AvgIpc) is 2.35. The summed E-state index contributed by atoms with van der Waals surface area (Å²) in [6.07, 6.45) is 0. The average molecular weight is 285 g/mol. The monoisotopic (exact) mass is 284 g/mol. The smallest absolute Gasteiger partial charge is 0.256 e. The van der Waals surface area contributed by atoms with Crippen molar-refractivity contribution in [2.45, 2.75) is 17.9 Å². The summed E-state index contributed by atoms with van der Waals surface area (Å²) in [6, 6.07) is 4.48. The van der Waals surface area contributed by atoms with Gasteiger partial charge in [-0.1, -0.05) is 11.6 Å². The molecule has 0 radical (unpaired) electrons. The van der Waals surface area contributed by atoms with Crippen molar-refractivity contribution in [3.05, 3.63) is 28.8 Å². The Morgan fingerprint density at radius 1 is 1.56 bits per heavy atom. The minimum atomic E-state index is -0.481. The number of nitrogens with zero attached hydrogens (tertiary/aromatic N) is 1. The molecular weight excluding hydrogens is 272 g/mol. The fourth-order valence-corrected chi connectivity index (χ4v) is 2.29. The van der Waals surface area contributed by atoms with E-state index in [0.29, 0.717) is 28.6 Å². The van der Waals surface area contributed by atoms with E-state index in [2.05, 4.69) is 17.9 Å². The molecule has 0 aliphatic carbocycles. The lowest BCUT2D eigenvalue weighted by molar-refractivity contribution is -0.127. The molecule has 0 spiro atoms. The molecule has 2 amide bonds. The minimum absolute atomic E-state index is 0.146. The van der Waals surface area contributed by atoms with E-state index >= 15 is 0 Å². The van der Waals surface area contributed by atoms with Gasteiger partial charge in [0.15, 0.2) is 0 Å². The highest BCUT2D eigenvalue weighted by atomic mass is 35.5. The Morgan fingerprint density at radius 3 is 3.00 bits per heavy atom. The van der Waals surface area contributed by atoms with Crippen molar-refractivity contribution in [3.63, 3.8) is 0 Å². The Labute approximate surface area is 116 Å². The highest BCUT2D eigenvalue weighted by Crippen LogP contribution is 2.22. The molecule has 1 saturated heterocycles. The quantitative estimate of drug-likeness (QED) is 0.770. The molecular formula is C12H13ClN2O2S. The predicted molar refractivity (Wildman–Crippen MR) is 72.2 cm³/mol. The summed E-state index contributed by atoms with van der Waals surface area (Å²) in [5, 5.41) is 3.08. The first kappa shape index (κ1) is 13.2. The lowest BCUT2D eigenvalue weighted by Crippen LogP contribution is -2.55. The van der Waals surface area contributed by atoms with Crippen LogP contribution in [-0.2, 0) is 4.79 Å². The van der Waals surface area contributed by atoms with Crippen LogP contribution in [0.15, 0.2) is 23.1 Å². The summed E-state index contributed by atoms with van der Waals surface area (Å²) >= 11 is 10.2. The van der Waals surface area contributed by atoms with Crippen LogP contribution < -0.4 is 5.32 Å². The molecule has 1 heterocycles. The highest BCUT2D eigenvalue weighted by molar-refractivity contribution is 7.80. The maximum absolute atomic E-state index is 12.4. The number of piperazine rings is 1. The second-order valence-corrected chi connectivity index (χ2v) is 5.05. The van der Waals surface area contributed by atoms with Gasteiger partial charge in [0.05, 0.1) is 10.6 Å². The third kappa shape index (κ3) is 2.47. The summed E-state index contributed by atoms with van der Waals surface area (Å²) in [5.74, 6) is -0.383. The number of halogens is 1. The lowest BCUT2D eigenvalue weighted by atomic mass is 10.1. The van der Waals surface area contributed by atoms with Gasteiger partial charge in [-0.3, -0.25) is 9.59 Å². The second kappa shape index (κ2) is 5.20. The van der Waals surface area contributed by atoms with Crippen LogP contribution >= 0.6 is 24.2 Å². The maximum Gasteiger partial charge on any atom is 0.256 e. The summed E-state index contributed by atoms with van der Waals surface area (Å²) in [5.41, 5.74) is 0.380. The molecule has 1 aromatic carbocycles. The number of thiol groups is 1. The van der Waals surface area contributed by atoms with Gasteiger partial charge < -0.3 is 10.2 Å². The van der Waals surface area contributed by atoms with Gasteiger partial charge in [-0.2, -0.15) is 0 Å². The minimum Gasteiger partial charge on any atom is -0.353 e. The van der Waals surface area contributed by atoms with Crippen molar-refractivity contribution in [1.82, 2.24) is 10.2 Å². The Hall–Kier alpha value is -1.20. The topological polar surface area (TPSA) is 49.4 Å². The number of amides is 2. The highest BCUT2D eigenvalue weighted by Gasteiger charge is 2.30. The molecule has 1 aliphatic heterocycles. The predicted octanol–water partition coefficient (Wildman–Crippen LogP) is 1.59. The van der Waals surface area contributed by atoms with E-state index < -0.39 is 6.04 Å². The Kier molecular flexibility index (Phi) is 3.82. The molecule has 1 aromatic rings. The van der Waals surface area contributed by atoms with Crippen molar-refractivity contribution in [2.75, 3.05) is 13.1 Å². The molecule has 18 heavy (non-hydrogen) atoms. The van der Waals surface area contributed by atoms with Gasteiger partial charge in [0.2, 0.25) is 5.91 Å². The Morgan fingerprint density at radius 2 is 2.28 bits per heavy atom. The lowest BCUT2D eigenvalue weighted by Gasteiger charge is -2.33. The molecule has 1 unspecified atom stereocenters. The first-order valence-electron chi connectivity index (χ1n) is 5.58. The summed E-state index contributed by atoms with van der Waals surface area (Å²) < 4.78 is 0. The molecule has 1 aliphatic rings. The van der Waals surface area contributed by atoms with Crippen LogP contribution in [0, 0.1) is 0 Å². The van der Waals surface area contributed by atoms with Crippen LogP contribution in [-0.4, -0.2) is 35.8 Å². The summed E-state index contributed by atoms with van der Waals surface area (Å²) in [6.45, 7) is 2.65. The number of rotatable bonds is 1. The normalized spacial score (nSPS) is 19.6. The van der Waals surface area contributed by atoms with Gasteiger partial charge >= 0.3 is 0 Å². The van der Waals surface area contributed by atoms with Gasteiger partial charge in [-0.05, 0) is 25.1 Å². The SMILES string of the molecule is CC1C(=O)NCCN1C(=O)c1cc(S)ccc1Cl. The van der Waals surface area contributed by atoms with Gasteiger partial charge in [0.1, 0.15) is 6.04 Å². The van der Waals surface area contributed by atoms with Crippen molar-refractivity contribution in [1.29, 1.82) is 0 Å². The van der Waals surface area contributed by atoms with Gasteiger partial charge in [0.25, 0.3) is 5.91 Å². The molecule has 0 bridgehead atoms. The van der Waals surface area contributed by atoms with E-state index in [1.165, 1.54) is 4.90 Å². The molecule has 6 heteroatoms. The molecule has 0 aromatic heterocycles. The van der Waals surface area contributed by atoms with E-state index in [4.69, 9.17) is 11.6 Å². The standard InChI is InChI=1S/C12H13ClN2O2S/c1-7-11(16)14-4-5-15(7)12(17)9-6-8(18)2-3-10(9)13/h2-3,6-7,18H,4-5H2,1H3,(H,14,16). The number of carbonyl (C=O) groups excluding carboxylic acids is 2. The van der Waals surface area contributed by atoms with E-state index in [0.717, 1.165) is 0 Å². The van der Waals surface area contributed by atoms with Crippen LogP contribution in [0.2, 0.25) is 5.02 Å². The number of carbonyl (C=O) groups is 2. The molecule has 0 saturated carbocycles. The number of hydrogen-bond acceptors (Lipinski definition) is 3. The largest absolute Gasteiger partial charge is 0.353 e. The zero-order valence-electron chi connectivity index (χ0n) is 9.81. The zero-order valence-corrected chi connectivity index (χ0v) is 11.5. The number of nitrogens with one attached hydrogen (secondary N) is 1. The van der Waals surface area contributed by atoms with Crippen LogP contribution in [0.3, 0.4) is 0 Å². The Bertz CT molecular complexity index is 507. The summed E-state index contributed by atoms with van der Waals surface area (Å²) in [7, 11) is 0. The first-order chi connectivity index (χ1) is 8.50. The van der Waals surface area contributed by atoms with Crippen molar-refractivity contribution in [2.24, 2.45) is 0 Å². The first-order valence-corrected chi connectivity index (χ1v) is 6.40.